The highest BCUT2D eigenvalue weighted by Gasteiger charge is 2.73. The number of likely N-dealkylation sites (tertiary alicyclic amines) is 1. The molecule has 3 aliphatic carbocycles. The average molecular weight is 597 g/mol. The lowest BCUT2D eigenvalue weighted by Crippen LogP contribution is -2.78. The molecule has 9 heteroatoms. The van der Waals surface area contributed by atoms with Crippen LogP contribution in [0, 0.1) is 11.8 Å². The Morgan fingerprint density at radius 3 is 2.70 bits per heavy atom. The molecule has 2 heterocycles. The SMILES string of the molecule is CC(C)CN(C(=O)C=Cc1cccc(C(F)(F)F)c1)C1CC[C@@]2(O)[C@H]3Cc4ccc(O)c5c4[C@@]2(CCN3CC2CC2)C1O5. The van der Waals surface area contributed by atoms with Crippen LogP contribution in [0.3, 0.4) is 0 Å². The molecule has 2 aromatic rings. The number of alkyl halides is 3. The van der Waals surface area contributed by atoms with Crippen LogP contribution in [0.15, 0.2) is 42.5 Å². The third-order valence-corrected chi connectivity index (χ3v) is 10.6. The van der Waals surface area contributed by atoms with Crippen LogP contribution in [-0.4, -0.2) is 69.3 Å². The minimum Gasteiger partial charge on any atom is -0.504 e. The van der Waals surface area contributed by atoms with Crippen molar-refractivity contribution in [1.82, 2.24) is 9.80 Å². The van der Waals surface area contributed by atoms with Crippen molar-refractivity contribution in [2.45, 2.75) is 87.8 Å². The molecule has 7 rings (SSSR count). The first kappa shape index (κ1) is 28.7. The molecule has 3 fully saturated rings. The Kier molecular flexibility index (Phi) is 6.67. The summed E-state index contributed by atoms with van der Waals surface area (Å²) >= 11 is 0. The summed E-state index contributed by atoms with van der Waals surface area (Å²) in [5.41, 5.74) is -0.294. The maximum absolute atomic E-state index is 13.9. The van der Waals surface area contributed by atoms with Crippen molar-refractivity contribution in [1.29, 1.82) is 0 Å². The van der Waals surface area contributed by atoms with Crippen LogP contribution < -0.4 is 4.74 Å². The van der Waals surface area contributed by atoms with Gasteiger partial charge < -0.3 is 19.8 Å². The monoisotopic (exact) mass is 596 g/mol. The summed E-state index contributed by atoms with van der Waals surface area (Å²) in [6, 6.07) is 8.13. The van der Waals surface area contributed by atoms with E-state index in [1.807, 2.05) is 19.9 Å². The predicted octanol–water partition coefficient (Wildman–Crippen LogP) is 5.54. The van der Waals surface area contributed by atoms with E-state index in [-0.39, 0.29) is 29.7 Å². The molecular formula is C34H39F3N2O4. The van der Waals surface area contributed by atoms with E-state index in [1.165, 1.54) is 31.1 Å². The zero-order valence-electron chi connectivity index (χ0n) is 24.6. The quantitative estimate of drug-likeness (QED) is 0.411. The van der Waals surface area contributed by atoms with Crippen LogP contribution in [0.25, 0.3) is 6.08 Å². The standard InChI is InChI=1S/C34H39F3N2O4/c1-20(2)18-39(28(41)11-8-21-4-3-5-24(16-21)34(35,36)37)25-12-13-33(42)27-17-23-9-10-26(40)30-29(23)32(33,31(25)43-30)14-15-38(27)19-22-6-7-22/h3-5,8-11,16,20,22,25,27,31,40,42H,6-7,12-15,17-19H2,1-2H3/t25?,27-,31?,32+,33-/m1/s1. The van der Waals surface area contributed by atoms with Crippen molar-refractivity contribution in [2.75, 3.05) is 19.6 Å². The highest BCUT2D eigenvalue weighted by atomic mass is 19.4. The number of aromatic hydroxyl groups is 1. The number of nitrogens with zero attached hydrogens (tertiary/aromatic N) is 2. The number of hydrogen-bond donors (Lipinski definition) is 2. The van der Waals surface area contributed by atoms with Crippen LogP contribution in [0.2, 0.25) is 0 Å². The molecule has 1 amide bonds. The van der Waals surface area contributed by atoms with Crippen molar-refractivity contribution in [3.05, 3.63) is 64.7 Å². The van der Waals surface area contributed by atoms with E-state index in [1.54, 1.807) is 17.0 Å². The number of piperidine rings is 1. The number of benzene rings is 2. The topological polar surface area (TPSA) is 73.2 Å². The van der Waals surface area contributed by atoms with E-state index in [0.717, 1.165) is 36.3 Å². The summed E-state index contributed by atoms with van der Waals surface area (Å²) in [6.07, 6.45) is 2.61. The summed E-state index contributed by atoms with van der Waals surface area (Å²) in [4.78, 5) is 18.2. The second-order valence-corrected chi connectivity index (χ2v) is 13.7. The lowest BCUT2D eigenvalue weighted by atomic mass is 9.48. The van der Waals surface area contributed by atoms with E-state index < -0.39 is 28.9 Å². The molecule has 43 heavy (non-hydrogen) atoms. The van der Waals surface area contributed by atoms with Crippen molar-refractivity contribution < 1.29 is 32.9 Å². The first-order valence-corrected chi connectivity index (χ1v) is 15.6. The maximum atomic E-state index is 13.9. The lowest BCUT2D eigenvalue weighted by molar-refractivity contribution is -0.201. The normalized spacial score (nSPS) is 31.3. The fourth-order valence-corrected chi connectivity index (χ4v) is 8.64. The van der Waals surface area contributed by atoms with Gasteiger partial charge in [-0.05, 0) is 92.3 Å². The molecule has 0 aromatic heterocycles. The molecule has 1 spiro atoms. The van der Waals surface area contributed by atoms with Gasteiger partial charge in [-0.3, -0.25) is 9.69 Å². The van der Waals surface area contributed by atoms with E-state index in [9.17, 15) is 28.2 Å². The Bertz CT molecular complexity index is 1470. The minimum atomic E-state index is -4.47. The zero-order chi connectivity index (χ0) is 30.3. The van der Waals surface area contributed by atoms with Gasteiger partial charge in [-0.1, -0.05) is 32.0 Å². The fraction of sp³-hybridized carbons (Fsp3) is 0.559. The van der Waals surface area contributed by atoms with Gasteiger partial charge in [-0.2, -0.15) is 13.2 Å². The molecule has 2 saturated carbocycles. The molecule has 0 radical (unpaired) electrons. The van der Waals surface area contributed by atoms with E-state index >= 15 is 0 Å². The molecule has 5 aliphatic rings. The van der Waals surface area contributed by atoms with Gasteiger partial charge in [-0.15, -0.1) is 0 Å². The summed E-state index contributed by atoms with van der Waals surface area (Å²) in [5.74, 6) is 0.980. The second kappa shape index (κ2) is 9.99. The van der Waals surface area contributed by atoms with Crippen LogP contribution >= 0.6 is 0 Å². The predicted molar refractivity (Wildman–Crippen MR) is 156 cm³/mol. The molecule has 2 aromatic carbocycles. The fourth-order valence-electron chi connectivity index (χ4n) is 8.64. The molecule has 2 N–H and O–H groups in total. The van der Waals surface area contributed by atoms with Crippen molar-refractivity contribution in [3.63, 3.8) is 0 Å². The van der Waals surface area contributed by atoms with Crippen LogP contribution in [0.4, 0.5) is 13.2 Å². The summed E-state index contributed by atoms with van der Waals surface area (Å²) < 4.78 is 46.5. The Morgan fingerprint density at radius 1 is 1.19 bits per heavy atom. The smallest absolute Gasteiger partial charge is 0.416 e. The van der Waals surface area contributed by atoms with Crippen LogP contribution in [0.1, 0.15) is 68.2 Å². The van der Waals surface area contributed by atoms with Gasteiger partial charge in [0.1, 0.15) is 6.10 Å². The van der Waals surface area contributed by atoms with Crippen LogP contribution in [-0.2, 0) is 22.8 Å². The number of amides is 1. The van der Waals surface area contributed by atoms with Gasteiger partial charge in [0.15, 0.2) is 11.5 Å². The summed E-state index contributed by atoms with van der Waals surface area (Å²) in [6.45, 7) is 6.27. The minimum absolute atomic E-state index is 0.0497. The number of hydrogen-bond acceptors (Lipinski definition) is 5. The van der Waals surface area contributed by atoms with Gasteiger partial charge in [0.2, 0.25) is 5.91 Å². The van der Waals surface area contributed by atoms with Crippen molar-refractivity contribution >= 4 is 12.0 Å². The highest BCUT2D eigenvalue weighted by Crippen LogP contribution is 2.66. The number of phenols is 1. The average Bonchev–Trinajstić information content (AvgIpc) is 3.70. The maximum Gasteiger partial charge on any atom is 0.416 e. The molecule has 2 bridgehead atoms. The number of rotatable bonds is 7. The molecule has 230 valence electrons. The molecular weight excluding hydrogens is 557 g/mol. The molecule has 6 nitrogen and oxygen atoms in total. The Hall–Kier alpha value is -3.04. The Morgan fingerprint density at radius 2 is 1.98 bits per heavy atom. The van der Waals surface area contributed by atoms with Gasteiger partial charge >= 0.3 is 6.18 Å². The number of aliphatic hydroxyl groups is 1. The van der Waals surface area contributed by atoms with E-state index in [0.29, 0.717) is 49.5 Å². The molecule has 2 aliphatic heterocycles. The van der Waals surface area contributed by atoms with E-state index in [4.69, 9.17) is 4.74 Å². The lowest BCUT2D eigenvalue weighted by Gasteiger charge is -2.65. The van der Waals surface area contributed by atoms with Crippen molar-refractivity contribution in [3.8, 4) is 11.5 Å². The largest absolute Gasteiger partial charge is 0.504 e. The Labute approximate surface area is 250 Å². The zero-order valence-corrected chi connectivity index (χ0v) is 24.6. The second-order valence-electron chi connectivity index (χ2n) is 13.7. The van der Waals surface area contributed by atoms with Crippen molar-refractivity contribution in [2.24, 2.45) is 11.8 Å². The first-order valence-electron chi connectivity index (χ1n) is 15.6. The number of ether oxygens (including phenoxy) is 1. The van der Waals surface area contributed by atoms with Gasteiger partial charge in [0.25, 0.3) is 0 Å². The highest BCUT2D eigenvalue weighted by molar-refractivity contribution is 5.92. The third kappa shape index (κ3) is 4.48. The number of phenolic OH excluding ortho intramolecular Hbond substituents is 1. The molecule has 5 atom stereocenters. The number of carbonyl (C=O) groups is 1. The van der Waals surface area contributed by atoms with Gasteiger partial charge in [-0.25, -0.2) is 0 Å². The first-order chi connectivity index (χ1) is 20.4. The van der Waals surface area contributed by atoms with E-state index in [2.05, 4.69) is 4.90 Å². The number of carbonyl (C=O) groups excluding carboxylic acids is 1. The Balaban J connectivity index is 1.25. The van der Waals surface area contributed by atoms with Gasteiger partial charge in [0, 0.05) is 30.8 Å². The number of halogens is 3. The summed E-state index contributed by atoms with van der Waals surface area (Å²) in [7, 11) is 0. The molecule has 2 unspecified atom stereocenters. The molecule has 1 saturated heterocycles. The van der Waals surface area contributed by atoms with Crippen LogP contribution in [0.5, 0.6) is 11.5 Å². The third-order valence-electron chi connectivity index (χ3n) is 10.6. The summed E-state index contributed by atoms with van der Waals surface area (Å²) in [5, 5.41) is 23.7. The van der Waals surface area contributed by atoms with Gasteiger partial charge in [0.05, 0.1) is 22.6 Å².